The largest absolute Gasteiger partial charge is 0.321 e. The Morgan fingerprint density at radius 2 is 2.00 bits per heavy atom. The third-order valence-corrected chi connectivity index (χ3v) is 2.18. The molecular formula is C11H13F2N. The number of aryl methyl sites for hydroxylation is 1. The maximum absolute atomic E-state index is 12.9. The lowest BCUT2D eigenvalue weighted by atomic mass is 9.99. The minimum absolute atomic E-state index is 0.444. The minimum Gasteiger partial charge on any atom is -0.321 e. The van der Waals surface area contributed by atoms with Crippen LogP contribution in [0.3, 0.4) is 0 Å². The van der Waals surface area contributed by atoms with Crippen LogP contribution >= 0.6 is 0 Å². The normalized spacial score (nSPS) is 12.6. The Labute approximate surface area is 82.2 Å². The molecular weight excluding hydrogens is 184 g/mol. The molecule has 1 rings (SSSR count). The van der Waals surface area contributed by atoms with Gasteiger partial charge in [-0.05, 0) is 29.7 Å². The van der Waals surface area contributed by atoms with Crippen molar-refractivity contribution in [2.75, 3.05) is 0 Å². The molecule has 0 heterocycles. The molecule has 1 aromatic rings. The van der Waals surface area contributed by atoms with Crippen LogP contribution in [0, 0.1) is 11.6 Å². The van der Waals surface area contributed by atoms with E-state index in [4.69, 9.17) is 5.73 Å². The van der Waals surface area contributed by atoms with Crippen molar-refractivity contribution in [2.24, 2.45) is 5.73 Å². The van der Waals surface area contributed by atoms with Gasteiger partial charge in [0.05, 0.1) is 0 Å². The zero-order valence-corrected chi connectivity index (χ0v) is 8.06. The van der Waals surface area contributed by atoms with Crippen molar-refractivity contribution in [1.29, 1.82) is 0 Å². The lowest BCUT2D eigenvalue weighted by molar-refractivity contribution is 0.504. The van der Waals surface area contributed by atoms with Crippen LogP contribution < -0.4 is 5.73 Å². The molecule has 1 unspecified atom stereocenters. The lowest BCUT2D eigenvalue weighted by Crippen LogP contribution is -2.10. The molecule has 1 nitrogen and oxygen atoms in total. The molecule has 0 spiro atoms. The summed E-state index contributed by atoms with van der Waals surface area (Å²) < 4.78 is 25.8. The van der Waals surface area contributed by atoms with Crippen molar-refractivity contribution in [3.05, 3.63) is 47.5 Å². The van der Waals surface area contributed by atoms with Gasteiger partial charge in [0.1, 0.15) is 0 Å². The van der Waals surface area contributed by atoms with Crippen LogP contribution in [0.1, 0.15) is 24.1 Å². The molecule has 0 aliphatic heterocycles. The summed E-state index contributed by atoms with van der Waals surface area (Å²) in [6, 6.07) is 1.88. The second kappa shape index (κ2) is 4.33. The van der Waals surface area contributed by atoms with Crippen molar-refractivity contribution in [3.8, 4) is 0 Å². The molecule has 0 aliphatic carbocycles. The molecule has 1 atom stereocenters. The average molecular weight is 197 g/mol. The standard InChI is InChI=1S/C11H13F2N/c1-3-7-5-9(12)10(13)6-8(7)11(14)4-2/h4-6,11H,2-3,14H2,1H3. The average Bonchev–Trinajstić information content (AvgIpc) is 2.20. The Hall–Kier alpha value is -1.22. The molecule has 0 fully saturated rings. The molecule has 0 bridgehead atoms. The summed E-state index contributed by atoms with van der Waals surface area (Å²) in [6.45, 7) is 5.39. The first kappa shape index (κ1) is 10.9. The highest BCUT2D eigenvalue weighted by Crippen LogP contribution is 2.21. The number of halogens is 2. The van der Waals surface area contributed by atoms with Gasteiger partial charge in [0.15, 0.2) is 11.6 Å². The van der Waals surface area contributed by atoms with Gasteiger partial charge in [-0.2, -0.15) is 0 Å². The lowest BCUT2D eigenvalue weighted by Gasteiger charge is -2.12. The van der Waals surface area contributed by atoms with Crippen LogP contribution in [-0.4, -0.2) is 0 Å². The molecule has 1 aromatic carbocycles. The summed E-state index contributed by atoms with van der Waals surface area (Å²) in [4.78, 5) is 0. The fraction of sp³-hybridized carbons (Fsp3) is 0.273. The molecule has 0 saturated heterocycles. The molecule has 0 saturated carbocycles. The van der Waals surface area contributed by atoms with E-state index in [2.05, 4.69) is 6.58 Å². The minimum atomic E-state index is -0.866. The van der Waals surface area contributed by atoms with Crippen LogP contribution in [0.15, 0.2) is 24.8 Å². The number of hydrogen-bond acceptors (Lipinski definition) is 1. The van der Waals surface area contributed by atoms with Gasteiger partial charge < -0.3 is 5.73 Å². The van der Waals surface area contributed by atoms with E-state index in [0.717, 1.165) is 11.6 Å². The Morgan fingerprint density at radius 3 is 2.50 bits per heavy atom. The smallest absolute Gasteiger partial charge is 0.159 e. The zero-order valence-electron chi connectivity index (χ0n) is 8.06. The van der Waals surface area contributed by atoms with E-state index in [0.29, 0.717) is 12.0 Å². The van der Waals surface area contributed by atoms with Crippen LogP contribution in [-0.2, 0) is 6.42 Å². The number of rotatable bonds is 3. The molecule has 0 amide bonds. The topological polar surface area (TPSA) is 26.0 Å². The van der Waals surface area contributed by atoms with Gasteiger partial charge in [-0.3, -0.25) is 0 Å². The first-order chi connectivity index (χ1) is 6.60. The Bertz CT molecular complexity index is 347. The van der Waals surface area contributed by atoms with E-state index in [9.17, 15) is 8.78 Å². The van der Waals surface area contributed by atoms with Crippen molar-refractivity contribution in [1.82, 2.24) is 0 Å². The highest BCUT2D eigenvalue weighted by atomic mass is 19.2. The van der Waals surface area contributed by atoms with Crippen molar-refractivity contribution < 1.29 is 8.78 Å². The van der Waals surface area contributed by atoms with Crippen LogP contribution in [0.5, 0.6) is 0 Å². The SMILES string of the molecule is C=CC(N)c1cc(F)c(F)cc1CC. The van der Waals surface area contributed by atoms with Gasteiger partial charge in [0.2, 0.25) is 0 Å². The molecule has 2 N–H and O–H groups in total. The van der Waals surface area contributed by atoms with Gasteiger partial charge in [-0.15, -0.1) is 6.58 Å². The quantitative estimate of drug-likeness (QED) is 0.741. The van der Waals surface area contributed by atoms with E-state index >= 15 is 0 Å². The van der Waals surface area contributed by atoms with Gasteiger partial charge in [-0.25, -0.2) is 8.78 Å². The number of hydrogen-bond donors (Lipinski definition) is 1. The zero-order chi connectivity index (χ0) is 10.7. The van der Waals surface area contributed by atoms with Crippen LogP contribution in [0.4, 0.5) is 8.78 Å². The Morgan fingerprint density at radius 1 is 1.43 bits per heavy atom. The van der Waals surface area contributed by atoms with E-state index in [-0.39, 0.29) is 0 Å². The molecule has 14 heavy (non-hydrogen) atoms. The summed E-state index contributed by atoms with van der Waals surface area (Å²) in [5, 5.41) is 0. The van der Waals surface area contributed by atoms with E-state index in [1.165, 1.54) is 12.1 Å². The van der Waals surface area contributed by atoms with Gasteiger partial charge in [0, 0.05) is 6.04 Å². The maximum Gasteiger partial charge on any atom is 0.159 e. The summed E-state index contributed by atoms with van der Waals surface area (Å²) in [5.41, 5.74) is 7.00. The third-order valence-electron chi connectivity index (χ3n) is 2.18. The fourth-order valence-corrected chi connectivity index (χ4v) is 1.35. The summed E-state index contributed by atoms with van der Waals surface area (Å²) >= 11 is 0. The van der Waals surface area contributed by atoms with E-state index in [1.54, 1.807) is 0 Å². The first-order valence-corrected chi connectivity index (χ1v) is 4.46. The predicted molar refractivity (Wildman–Crippen MR) is 52.9 cm³/mol. The van der Waals surface area contributed by atoms with Crippen molar-refractivity contribution in [2.45, 2.75) is 19.4 Å². The van der Waals surface area contributed by atoms with E-state index in [1.807, 2.05) is 6.92 Å². The molecule has 0 aromatic heterocycles. The van der Waals surface area contributed by atoms with Gasteiger partial charge >= 0.3 is 0 Å². The maximum atomic E-state index is 12.9. The van der Waals surface area contributed by atoms with Crippen LogP contribution in [0.2, 0.25) is 0 Å². The van der Waals surface area contributed by atoms with Crippen LogP contribution in [0.25, 0.3) is 0 Å². The molecule has 3 heteroatoms. The monoisotopic (exact) mass is 197 g/mol. The second-order valence-corrected chi connectivity index (χ2v) is 3.08. The summed E-state index contributed by atoms with van der Waals surface area (Å²) in [6.07, 6.45) is 2.12. The summed E-state index contributed by atoms with van der Waals surface area (Å²) in [5.74, 6) is -1.70. The number of nitrogens with two attached hydrogens (primary N) is 1. The molecule has 0 radical (unpaired) electrons. The molecule has 0 aliphatic rings. The summed E-state index contributed by atoms with van der Waals surface area (Å²) in [7, 11) is 0. The molecule has 76 valence electrons. The first-order valence-electron chi connectivity index (χ1n) is 4.46. The third kappa shape index (κ3) is 1.99. The number of benzene rings is 1. The highest BCUT2D eigenvalue weighted by molar-refractivity contribution is 5.33. The second-order valence-electron chi connectivity index (χ2n) is 3.08. The predicted octanol–water partition coefficient (Wildman–Crippen LogP) is 2.71. The highest BCUT2D eigenvalue weighted by Gasteiger charge is 2.12. The fourth-order valence-electron chi connectivity index (χ4n) is 1.35. The van der Waals surface area contributed by atoms with Gasteiger partial charge in [0.25, 0.3) is 0 Å². The Balaban J connectivity index is 3.26. The Kier molecular flexibility index (Phi) is 3.36. The van der Waals surface area contributed by atoms with Crippen molar-refractivity contribution in [3.63, 3.8) is 0 Å². The van der Waals surface area contributed by atoms with Gasteiger partial charge in [-0.1, -0.05) is 13.0 Å². The van der Waals surface area contributed by atoms with E-state index < -0.39 is 17.7 Å². The van der Waals surface area contributed by atoms with Crippen molar-refractivity contribution >= 4 is 0 Å².